The third-order valence-corrected chi connectivity index (χ3v) is 3.26. The van der Waals surface area contributed by atoms with Crippen LogP contribution in [0.3, 0.4) is 0 Å². The lowest BCUT2D eigenvalue weighted by atomic mass is 10.3. The van der Waals surface area contributed by atoms with Crippen molar-refractivity contribution in [2.24, 2.45) is 0 Å². The summed E-state index contributed by atoms with van der Waals surface area (Å²) in [6, 6.07) is 6.02. The van der Waals surface area contributed by atoms with E-state index in [1.165, 1.54) is 18.3 Å². The molecule has 1 amide bonds. The summed E-state index contributed by atoms with van der Waals surface area (Å²) in [6.07, 6.45) is 1.32. The summed E-state index contributed by atoms with van der Waals surface area (Å²) < 4.78 is 0.515. The molecule has 0 aliphatic heterocycles. The molecule has 0 aliphatic carbocycles. The first-order valence-electron chi connectivity index (χ1n) is 4.82. The summed E-state index contributed by atoms with van der Waals surface area (Å²) >= 11 is 6.87. The van der Waals surface area contributed by atoms with Gasteiger partial charge >= 0.3 is 5.97 Å². The molecule has 0 spiro atoms. The van der Waals surface area contributed by atoms with E-state index in [1.54, 1.807) is 12.1 Å². The molecular formula is C11H7ClN2O3S. The highest BCUT2D eigenvalue weighted by Crippen LogP contribution is 2.22. The van der Waals surface area contributed by atoms with Gasteiger partial charge in [-0.1, -0.05) is 11.6 Å². The van der Waals surface area contributed by atoms with E-state index in [4.69, 9.17) is 16.7 Å². The average molecular weight is 283 g/mol. The first-order valence-corrected chi connectivity index (χ1v) is 6.02. The quantitative estimate of drug-likeness (QED) is 0.907. The molecule has 92 valence electrons. The van der Waals surface area contributed by atoms with Crippen LogP contribution in [0.5, 0.6) is 0 Å². The molecule has 0 fully saturated rings. The highest BCUT2D eigenvalue weighted by molar-refractivity contribution is 7.18. The van der Waals surface area contributed by atoms with Crippen LogP contribution in [0.25, 0.3) is 0 Å². The lowest BCUT2D eigenvalue weighted by Crippen LogP contribution is -2.11. The van der Waals surface area contributed by atoms with Crippen LogP contribution in [0, 0.1) is 0 Å². The van der Waals surface area contributed by atoms with Crippen LogP contribution in [-0.4, -0.2) is 22.0 Å². The molecule has 0 aliphatic rings. The second-order valence-electron chi connectivity index (χ2n) is 3.29. The first kappa shape index (κ1) is 12.5. The summed E-state index contributed by atoms with van der Waals surface area (Å²) in [5, 5.41) is 11.3. The summed E-state index contributed by atoms with van der Waals surface area (Å²) in [7, 11) is 0. The molecule has 2 heterocycles. The standard InChI is InChI=1S/C11H7ClN2O3S/c12-9-2-1-8(18-9)10(15)14-6-3-4-13-7(5-6)11(16)17/h1-5H,(H,16,17)(H,13,14,15). The van der Waals surface area contributed by atoms with E-state index >= 15 is 0 Å². The highest BCUT2D eigenvalue weighted by Gasteiger charge is 2.10. The van der Waals surface area contributed by atoms with Gasteiger partial charge in [-0.3, -0.25) is 4.79 Å². The molecule has 5 nitrogen and oxygen atoms in total. The van der Waals surface area contributed by atoms with E-state index in [-0.39, 0.29) is 11.6 Å². The predicted molar refractivity (Wildman–Crippen MR) is 68.5 cm³/mol. The number of nitrogens with zero attached hydrogens (tertiary/aromatic N) is 1. The molecule has 0 aromatic carbocycles. The number of rotatable bonds is 3. The van der Waals surface area contributed by atoms with Crippen molar-refractivity contribution in [2.75, 3.05) is 5.32 Å². The molecule has 0 saturated heterocycles. The van der Waals surface area contributed by atoms with Gasteiger partial charge in [-0.05, 0) is 24.3 Å². The van der Waals surface area contributed by atoms with E-state index in [0.717, 1.165) is 11.3 Å². The van der Waals surface area contributed by atoms with Crippen LogP contribution >= 0.6 is 22.9 Å². The summed E-state index contributed by atoms with van der Waals surface area (Å²) in [5.41, 5.74) is 0.244. The Kier molecular flexibility index (Phi) is 3.59. The third kappa shape index (κ3) is 2.85. The molecule has 2 rings (SSSR count). The lowest BCUT2D eigenvalue weighted by molar-refractivity contribution is 0.0690. The zero-order chi connectivity index (χ0) is 13.1. The van der Waals surface area contributed by atoms with Gasteiger partial charge < -0.3 is 10.4 Å². The van der Waals surface area contributed by atoms with Crippen molar-refractivity contribution >= 4 is 40.5 Å². The van der Waals surface area contributed by atoms with Gasteiger partial charge in [-0.2, -0.15) is 0 Å². The van der Waals surface area contributed by atoms with Crippen LogP contribution < -0.4 is 5.32 Å². The minimum absolute atomic E-state index is 0.128. The maximum Gasteiger partial charge on any atom is 0.354 e. The van der Waals surface area contributed by atoms with Gasteiger partial charge in [0.15, 0.2) is 0 Å². The van der Waals surface area contributed by atoms with Crippen molar-refractivity contribution in [3.8, 4) is 0 Å². The largest absolute Gasteiger partial charge is 0.477 e. The van der Waals surface area contributed by atoms with Crippen molar-refractivity contribution < 1.29 is 14.7 Å². The smallest absolute Gasteiger partial charge is 0.354 e. The predicted octanol–water partition coefficient (Wildman–Crippen LogP) is 2.75. The van der Waals surface area contributed by atoms with E-state index in [1.807, 2.05) is 0 Å². The molecular weight excluding hydrogens is 276 g/mol. The Morgan fingerprint density at radius 1 is 1.33 bits per heavy atom. The number of hydrogen-bond acceptors (Lipinski definition) is 4. The number of aromatic carboxylic acids is 1. The maximum absolute atomic E-state index is 11.8. The minimum atomic E-state index is -1.15. The number of aromatic nitrogens is 1. The van der Waals surface area contributed by atoms with Crippen molar-refractivity contribution in [2.45, 2.75) is 0 Å². The summed E-state index contributed by atoms with van der Waals surface area (Å²) in [4.78, 5) is 26.6. The molecule has 0 unspecified atom stereocenters. The average Bonchev–Trinajstić information content (AvgIpc) is 2.76. The van der Waals surface area contributed by atoms with Crippen molar-refractivity contribution in [1.29, 1.82) is 0 Å². The van der Waals surface area contributed by atoms with Gasteiger partial charge in [0, 0.05) is 11.9 Å². The van der Waals surface area contributed by atoms with Gasteiger partial charge in [0.05, 0.1) is 9.21 Å². The number of anilines is 1. The Bertz CT molecular complexity index is 612. The fraction of sp³-hybridized carbons (Fsp3) is 0. The number of carboxylic acid groups (broad SMARTS) is 1. The van der Waals surface area contributed by atoms with Crippen LogP contribution in [0.15, 0.2) is 30.5 Å². The summed E-state index contributed by atoms with van der Waals surface area (Å²) in [5.74, 6) is -1.49. The topological polar surface area (TPSA) is 79.3 Å². The molecule has 2 N–H and O–H groups in total. The van der Waals surface area contributed by atoms with Crippen LogP contribution in [0.2, 0.25) is 4.34 Å². The number of hydrogen-bond donors (Lipinski definition) is 2. The number of carboxylic acids is 1. The number of carbonyl (C=O) groups excluding carboxylic acids is 1. The highest BCUT2D eigenvalue weighted by atomic mass is 35.5. The van der Waals surface area contributed by atoms with E-state index in [2.05, 4.69) is 10.3 Å². The van der Waals surface area contributed by atoms with Gasteiger partial charge in [0.25, 0.3) is 5.91 Å². The fourth-order valence-corrected chi connectivity index (χ4v) is 2.19. The molecule has 0 saturated carbocycles. The zero-order valence-corrected chi connectivity index (χ0v) is 10.5. The lowest BCUT2D eigenvalue weighted by Gasteiger charge is -2.03. The Morgan fingerprint density at radius 2 is 2.11 bits per heavy atom. The monoisotopic (exact) mass is 282 g/mol. The van der Waals surface area contributed by atoms with Crippen molar-refractivity contribution in [1.82, 2.24) is 4.98 Å². The van der Waals surface area contributed by atoms with Crippen LogP contribution in [-0.2, 0) is 0 Å². The number of pyridine rings is 1. The Hall–Kier alpha value is -1.92. The second kappa shape index (κ2) is 5.16. The molecule has 0 radical (unpaired) electrons. The maximum atomic E-state index is 11.8. The van der Waals surface area contributed by atoms with E-state index in [9.17, 15) is 9.59 Å². The third-order valence-electron chi connectivity index (χ3n) is 2.03. The molecule has 2 aromatic heterocycles. The Morgan fingerprint density at radius 3 is 2.72 bits per heavy atom. The number of halogens is 1. The molecule has 0 atom stereocenters. The van der Waals surface area contributed by atoms with Crippen molar-refractivity contribution in [3.63, 3.8) is 0 Å². The van der Waals surface area contributed by atoms with Crippen LogP contribution in [0.4, 0.5) is 5.69 Å². The van der Waals surface area contributed by atoms with Gasteiger partial charge in [0.1, 0.15) is 5.69 Å². The Labute approximate surface area is 111 Å². The molecule has 7 heteroatoms. The molecule has 18 heavy (non-hydrogen) atoms. The van der Waals surface area contributed by atoms with Gasteiger partial charge in [-0.25, -0.2) is 9.78 Å². The number of thiophene rings is 1. The summed E-state index contributed by atoms with van der Waals surface area (Å²) in [6.45, 7) is 0. The van der Waals surface area contributed by atoms with E-state index in [0.29, 0.717) is 14.9 Å². The Balaban J connectivity index is 2.16. The second-order valence-corrected chi connectivity index (χ2v) is 5.01. The SMILES string of the molecule is O=C(O)c1cc(NC(=O)c2ccc(Cl)s2)ccn1. The zero-order valence-electron chi connectivity index (χ0n) is 8.88. The normalized spacial score (nSPS) is 10.1. The molecule has 2 aromatic rings. The number of carbonyl (C=O) groups is 2. The minimum Gasteiger partial charge on any atom is -0.477 e. The van der Waals surface area contributed by atoms with E-state index < -0.39 is 5.97 Å². The van der Waals surface area contributed by atoms with Gasteiger partial charge in [0.2, 0.25) is 0 Å². The van der Waals surface area contributed by atoms with Crippen molar-refractivity contribution in [3.05, 3.63) is 45.4 Å². The fourth-order valence-electron chi connectivity index (χ4n) is 1.25. The van der Waals surface area contributed by atoms with Crippen LogP contribution in [0.1, 0.15) is 20.2 Å². The first-order chi connectivity index (χ1) is 8.56. The van der Waals surface area contributed by atoms with Gasteiger partial charge in [-0.15, -0.1) is 11.3 Å². The number of amides is 1. The number of nitrogens with one attached hydrogen (secondary N) is 1. The molecule has 0 bridgehead atoms.